The van der Waals surface area contributed by atoms with Gasteiger partial charge in [-0.2, -0.15) is 0 Å². The Labute approximate surface area is 80.9 Å². The highest BCUT2D eigenvalue weighted by molar-refractivity contribution is 4.82. The van der Waals surface area contributed by atoms with E-state index in [1.165, 1.54) is 19.3 Å². The third-order valence-corrected chi connectivity index (χ3v) is 2.12. The second-order valence-corrected chi connectivity index (χ2v) is 3.37. The van der Waals surface area contributed by atoms with Gasteiger partial charge in [-0.25, -0.2) is 0 Å². The Morgan fingerprint density at radius 1 is 1.23 bits per heavy atom. The number of hydrogen-bond acceptors (Lipinski definition) is 2. The summed E-state index contributed by atoms with van der Waals surface area (Å²) in [7, 11) is 0. The first-order valence-electron chi connectivity index (χ1n) is 5.31. The van der Waals surface area contributed by atoms with Crippen LogP contribution in [0.4, 0.5) is 0 Å². The fraction of sp³-hybridized carbons (Fsp3) is 0.818. The van der Waals surface area contributed by atoms with Gasteiger partial charge in [-0.15, -0.1) is 0 Å². The molecule has 1 saturated heterocycles. The molecule has 1 rings (SSSR count). The molecule has 13 heavy (non-hydrogen) atoms. The van der Waals surface area contributed by atoms with Crippen molar-refractivity contribution in [2.45, 2.75) is 45.3 Å². The van der Waals surface area contributed by atoms with E-state index in [0.29, 0.717) is 0 Å². The average Bonchev–Trinajstić information content (AvgIpc) is 2.19. The first-order chi connectivity index (χ1) is 6.43. The zero-order valence-corrected chi connectivity index (χ0v) is 8.50. The predicted octanol–water partition coefficient (Wildman–Crippen LogP) is 2.89. The van der Waals surface area contributed by atoms with Gasteiger partial charge in [0.1, 0.15) is 0 Å². The molecule has 0 aromatic heterocycles. The fourth-order valence-corrected chi connectivity index (χ4v) is 1.32. The number of rotatable bonds is 5. The van der Waals surface area contributed by atoms with Crippen molar-refractivity contribution in [3.05, 3.63) is 12.2 Å². The maximum atomic E-state index is 5.41. The molecule has 0 radical (unpaired) electrons. The lowest BCUT2D eigenvalue weighted by molar-refractivity contribution is -0.175. The molecule has 2 heteroatoms. The first-order valence-corrected chi connectivity index (χ1v) is 5.31. The van der Waals surface area contributed by atoms with Crippen LogP contribution >= 0.6 is 0 Å². The Balaban J connectivity index is 2.00. The smallest absolute Gasteiger partial charge is 0.160 e. The summed E-state index contributed by atoms with van der Waals surface area (Å²) in [4.78, 5) is 0. The predicted molar refractivity (Wildman–Crippen MR) is 53.6 cm³/mol. The maximum absolute atomic E-state index is 5.41. The lowest BCUT2D eigenvalue weighted by atomic mass is 10.2. The van der Waals surface area contributed by atoms with Gasteiger partial charge in [-0.3, -0.25) is 0 Å². The SMILES string of the molecule is CCCCC=CCC1OCCCO1. The number of allylic oxidation sites excluding steroid dienone is 1. The Hall–Kier alpha value is -0.340. The molecule has 1 fully saturated rings. The van der Waals surface area contributed by atoms with Gasteiger partial charge in [0.2, 0.25) is 0 Å². The largest absolute Gasteiger partial charge is 0.352 e. The van der Waals surface area contributed by atoms with Crippen LogP contribution in [0.3, 0.4) is 0 Å². The van der Waals surface area contributed by atoms with E-state index >= 15 is 0 Å². The molecule has 0 bridgehead atoms. The molecule has 1 aliphatic rings. The molecular formula is C11H20O2. The number of hydrogen-bond donors (Lipinski definition) is 0. The molecule has 0 spiro atoms. The van der Waals surface area contributed by atoms with Crippen molar-refractivity contribution in [3.63, 3.8) is 0 Å². The van der Waals surface area contributed by atoms with Crippen LogP contribution in [0.25, 0.3) is 0 Å². The second kappa shape index (κ2) is 7.10. The van der Waals surface area contributed by atoms with Crippen molar-refractivity contribution in [3.8, 4) is 0 Å². The van der Waals surface area contributed by atoms with Gasteiger partial charge in [0.25, 0.3) is 0 Å². The van der Waals surface area contributed by atoms with Crippen LogP contribution in [-0.2, 0) is 9.47 Å². The van der Waals surface area contributed by atoms with Crippen LogP contribution in [-0.4, -0.2) is 19.5 Å². The van der Waals surface area contributed by atoms with Crippen LogP contribution < -0.4 is 0 Å². The van der Waals surface area contributed by atoms with Gasteiger partial charge in [0.15, 0.2) is 6.29 Å². The minimum Gasteiger partial charge on any atom is -0.352 e. The highest BCUT2D eigenvalue weighted by atomic mass is 16.7. The van der Waals surface area contributed by atoms with Crippen LogP contribution in [0, 0.1) is 0 Å². The first kappa shape index (κ1) is 10.7. The zero-order valence-electron chi connectivity index (χ0n) is 8.50. The zero-order chi connectivity index (χ0) is 9.36. The normalized spacial score (nSPS) is 19.8. The molecule has 0 N–H and O–H groups in total. The van der Waals surface area contributed by atoms with Crippen LogP contribution in [0.15, 0.2) is 12.2 Å². The van der Waals surface area contributed by atoms with E-state index in [-0.39, 0.29) is 6.29 Å². The third kappa shape index (κ3) is 5.06. The molecule has 0 saturated carbocycles. The fourth-order valence-electron chi connectivity index (χ4n) is 1.32. The van der Waals surface area contributed by atoms with E-state index < -0.39 is 0 Å². The van der Waals surface area contributed by atoms with Gasteiger partial charge in [0.05, 0.1) is 13.2 Å². The Kier molecular flexibility index (Phi) is 5.87. The summed E-state index contributed by atoms with van der Waals surface area (Å²) < 4.78 is 10.8. The van der Waals surface area contributed by atoms with Gasteiger partial charge in [-0.1, -0.05) is 31.9 Å². The summed E-state index contributed by atoms with van der Waals surface area (Å²) in [6.45, 7) is 3.92. The molecule has 0 aromatic rings. The molecule has 1 aliphatic heterocycles. The lowest BCUT2D eigenvalue weighted by Crippen LogP contribution is -2.23. The minimum atomic E-state index is 0.0200. The van der Waals surface area contributed by atoms with Crippen molar-refractivity contribution >= 4 is 0 Å². The third-order valence-electron chi connectivity index (χ3n) is 2.12. The van der Waals surface area contributed by atoms with E-state index in [1.807, 2.05) is 0 Å². The standard InChI is InChI=1S/C11H20O2/c1-2-3-4-5-6-8-11-12-9-7-10-13-11/h5-6,11H,2-4,7-10H2,1H3. The summed E-state index contributed by atoms with van der Waals surface area (Å²) in [5.74, 6) is 0. The van der Waals surface area contributed by atoms with Crippen LogP contribution in [0.5, 0.6) is 0 Å². The average molecular weight is 184 g/mol. The minimum absolute atomic E-state index is 0.0200. The van der Waals surface area contributed by atoms with E-state index in [0.717, 1.165) is 26.1 Å². The van der Waals surface area contributed by atoms with Crippen molar-refractivity contribution < 1.29 is 9.47 Å². The molecule has 0 aliphatic carbocycles. The Morgan fingerprint density at radius 3 is 2.69 bits per heavy atom. The van der Waals surface area contributed by atoms with Gasteiger partial charge >= 0.3 is 0 Å². The highest BCUT2D eigenvalue weighted by Crippen LogP contribution is 2.09. The van der Waals surface area contributed by atoms with Gasteiger partial charge in [0, 0.05) is 6.42 Å². The van der Waals surface area contributed by atoms with E-state index in [1.54, 1.807) is 0 Å². The molecule has 0 unspecified atom stereocenters. The maximum Gasteiger partial charge on any atom is 0.160 e. The quantitative estimate of drug-likeness (QED) is 0.483. The van der Waals surface area contributed by atoms with E-state index in [9.17, 15) is 0 Å². The Bertz CT molecular complexity index is 137. The summed E-state index contributed by atoms with van der Waals surface area (Å²) in [5.41, 5.74) is 0. The van der Waals surface area contributed by atoms with Crippen LogP contribution in [0.1, 0.15) is 39.0 Å². The van der Waals surface area contributed by atoms with Crippen molar-refractivity contribution in [2.75, 3.05) is 13.2 Å². The van der Waals surface area contributed by atoms with Crippen LogP contribution in [0.2, 0.25) is 0 Å². The monoisotopic (exact) mass is 184 g/mol. The summed E-state index contributed by atoms with van der Waals surface area (Å²) in [5, 5.41) is 0. The highest BCUT2D eigenvalue weighted by Gasteiger charge is 2.11. The van der Waals surface area contributed by atoms with Gasteiger partial charge < -0.3 is 9.47 Å². The molecule has 0 amide bonds. The topological polar surface area (TPSA) is 18.5 Å². The molecule has 2 nitrogen and oxygen atoms in total. The summed E-state index contributed by atoms with van der Waals surface area (Å²) in [6.07, 6.45) is 10.1. The van der Waals surface area contributed by atoms with Gasteiger partial charge in [-0.05, 0) is 12.8 Å². The second-order valence-electron chi connectivity index (χ2n) is 3.37. The molecule has 76 valence electrons. The summed E-state index contributed by atoms with van der Waals surface area (Å²) in [6, 6.07) is 0. The molecule has 0 aromatic carbocycles. The lowest BCUT2D eigenvalue weighted by Gasteiger charge is -2.21. The molecule has 0 atom stereocenters. The molecule has 1 heterocycles. The van der Waals surface area contributed by atoms with E-state index in [4.69, 9.17) is 9.47 Å². The summed E-state index contributed by atoms with van der Waals surface area (Å²) >= 11 is 0. The number of ether oxygens (including phenoxy) is 2. The Morgan fingerprint density at radius 2 is 2.00 bits per heavy atom. The van der Waals surface area contributed by atoms with Crippen molar-refractivity contribution in [2.24, 2.45) is 0 Å². The van der Waals surface area contributed by atoms with Crippen molar-refractivity contribution in [1.29, 1.82) is 0 Å². The van der Waals surface area contributed by atoms with E-state index in [2.05, 4.69) is 19.1 Å². The molecular weight excluding hydrogens is 164 g/mol. The van der Waals surface area contributed by atoms with Crippen molar-refractivity contribution in [1.82, 2.24) is 0 Å². The number of unbranched alkanes of at least 4 members (excludes halogenated alkanes) is 2.